The number of aromatic amines is 1. The summed E-state index contributed by atoms with van der Waals surface area (Å²) in [6.45, 7) is 2.11. The van der Waals surface area contributed by atoms with Gasteiger partial charge in [0.1, 0.15) is 0 Å². The van der Waals surface area contributed by atoms with Crippen LogP contribution < -0.4 is 11.2 Å². The first kappa shape index (κ1) is 15.9. The average Bonchev–Trinajstić information content (AvgIpc) is 3.12. The Kier molecular flexibility index (Phi) is 3.45. The van der Waals surface area contributed by atoms with Gasteiger partial charge in [0.25, 0.3) is 0 Å². The normalized spacial score (nSPS) is 12.2. The van der Waals surface area contributed by atoms with Crippen molar-refractivity contribution in [2.24, 2.45) is 0 Å². The van der Waals surface area contributed by atoms with Crippen molar-refractivity contribution in [3.05, 3.63) is 35.3 Å². The monoisotopic (exact) mass is 353 g/mol. The molecule has 0 saturated heterocycles. The van der Waals surface area contributed by atoms with Crippen molar-refractivity contribution in [1.29, 1.82) is 0 Å². The first-order chi connectivity index (χ1) is 11.8. The van der Waals surface area contributed by atoms with E-state index in [0.29, 0.717) is 10.5 Å². The molecule has 0 bridgehead atoms. The number of benzene rings is 1. The van der Waals surface area contributed by atoms with Crippen molar-refractivity contribution >= 4 is 44.9 Å². The number of H-pyrrole nitrogens is 1. The van der Waals surface area contributed by atoms with Crippen molar-refractivity contribution in [1.82, 2.24) is 15.0 Å². The van der Waals surface area contributed by atoms with Gasteiger partial charge < -0.3 is 10.7 Å². The van der Waals surface area contributed by atoms with E-state index >= 15 is 0 Å². The SMILES string of the molecule is Cc1csc(-c2cc3[nH]c(N)nc(N[N+](C)(C)C)c3c3ccnc23)c1. The largest absolute Gasteiger partial charge is 0.369 e. The summed E-state index contributed by atoms with van der Waals surface area (Å²) < 4.78 is 0.535. The topological polar surface area (TPSA) is 79.6 Å². The minimum Gasteiger partial charge on any atom is -0.369 e. The maximum absolute atomic E-state index is 6.03. The number of fused-ring (bicyclic) bond motifs is 3. The first-order valence-corrected chi connectivity index (χ1v) is 8.92. The third-order valence-corrected chi connectivity index (χ3v) is 5.03. The highest BCUT2D eigenvalue weighted by molar-refractivity contribution is 7.13. The second-order valence-corrected chi connectivity index (χ2v) is 8.05. The first-order valence-electron chi connectivity index (χ1n) is 8.04. The number of aromatic nitrogens is 3. The van der Waals surface area contributed by atoms with Crippen LogP contribution in [-0.4, -0.2) is 40.7 Å². The fraction of sp³-hybridized carbons (Fsp3) is 0.222. The number of rotatable bonds is 3. The molecule has 0 atom stereocenters. The average molecular weight is 353 g/mol. The van der Waals surface area contributed by atoms with Crippen LogP contribution in [-0.2, 0) is 0 Å². The van der Waals surface area contributed by atoms with Crippen LogP contribution >= 0.6 is 11.3 Å². The van der Waals surface area contributed by atoms with Crippen molar-refractivity contribution in [3.63, 3.8) is 0 Å². The van der Waals surface area contributed by atoms with Crippen LogP contribution in [0.2, 0.25) is 0 Å². The smallest absolute Gasteiger partial charge is 0.200 e. The molecule has 4 aromatic rings. The van der Waals surface area contributed by atoms with Gasteiger partial charge in [0, 0.05) is 22.0 Å². The van der Waals surface area contributed by atoms with E-state index in [9.17, 15) is 0 Å². The lowest BCUT2D eigenvalue weighted by molar-refractivity contribution is -0.848. The predicted molar refractivity (Wildman–Crippen MR) is 106 cm³/mol. The molecule has 6 nitrogen and oxygen atoms in total. The molecule has 3 aromatic heterocycles. The molecule has 7 heteroatoms. The molecule has 25 heavy (non-hydrogen) atoms. The summed E-state index contributed by atoms with van der Waals surface area (Å²) in [6, 6.07) is 6.35. The fourth-order valence-corrected chi connectivity index (χ4v) is 3.95. The molecule has 128 valence electrons. The van der Waals surface area contributed by atoms with E-state index in [1.807, 2.05) is 33.4 Å². The van der Waals surface area contributed by atoms with Crippen molar-refractivity contribution in [3.8, 4) is 10.4 Å². The van der Waals surface area contributed by atoms with Crippen LogP contribution in [0.3, 0.4) is 0 Å². The number of nitrogens with two attached hydrogens (primary N) is 1. The molecule has 0 saturated carbocycles. The van der Waals surface area contributed by atoms with Gasteiger partial charge in [-0.25, -0.2) is 10.0 Å². The number of nitrogens with one attached hydrogen (secondary N) is 2. The highest BCUT2D eigenvalue weighted by Crippen LogP contribution is 2.38. The van der Waals surface area contributed by atoms with E-state index in [1.165, 1.54) is 10.4 Å². The summed E-state index contributed by atoms with van der Waals surface area (Å²) in [7, 11) is 6.14. The van der Waals surface area contributed by atoms with E-state index in [-0.39, 0.29) is 0 Å². The zero-order valence-corrected chi connectivity index (χ0v) is 15.5. The lowest BCUT2D eigenvalue weighted by Crippen LogP contribution is -2.41. The van der Waals surface area contributed by atoms with Gasteiger partial charge in [-0.15, -0.1) is 11.3 Å². The van der Waals surface area contributed by atoms with Crippen molar-refractivity contribution in [2.45, 2.75) is 6.92 Å². The molecule has 0 aliphatic rings. The van der Waals surface area contributed by atoms with Crippen LogP contribution in [0.1, 0.15) is 5.56 Å². The number of hydrogen-bond donors (Lipinski definition) is 3. The molecule has 0 aliphatic carbocycles. The number of hydrogen-bond acceptors (Lipinski definition) is 5. The molecule has 0 fully saturated rings. The molecular formula is C18H21N6S+. The van der Waals surface area contributed by atoms with E-state index in [1.54, 1.807) is 11.3 Å². The van der Waals surface area contributed by atoms with Gasteiger partial charge >= 0.3 is 0 Å². The number of quaternary nitrogens is 1. The van der Waals surface area contributed by atoms with Gasteiger partial charge in [-0.05, 0) is 36.1 Å². The van der Waals surface area contributed by atoms with Gasteiger partial charge in [0.05, 0.1) is 37.6 Å². The van der Waals surface area contributed by atoms with Crippen LogP contribution in [0, 0.1) is 6.92 Å². The molecule has 3 heterocycles. The molecule has 0 spiro atoms. The maximum Gasteiger partial charge on any atom is 0.200 e. The number of nitrogens with zero attached hydrogens (tertiary/aromatic N) is 3. The van der Waals surface area contributed by atoms with E-state index < -0.39 is 0 Å². The maximum atomic E-state index is 6.03. The highest BCUT2D eigenvalue weighted by atomic mass is 32.1. The molecule has 0 radical (unpaired) electrons. The Morgan fingerprint density at radius 3 is 2.72 bits per heavy atom. The summed E-state index contributed by atoms with van der Waals surface area (Å²) in [6.07, 6.45) is 1.85. The molecule has 0 unspecified atom stereocenters. The number of aryl methyl sites for hydroxylation is 1. The Morgan fingerprint density at radius 1 is 1.24 bits per heavy atom. The second-order valence-electron chi connectivity index (χ2n) is 7.14. The minimum absolute atomic E-state index is 0.385. The van der Waals surface area contributed by atoms with Crippen LogP contribution in [0.5, 0.6) is 0 Å². The van der Waals surface area contributed by atoms with E-state index in [0.717, 1.165) is 33.2 Å². The molecule has 0 aliphatic heterocycles. The van der Waals surface area contributed by atoms with Gasteiger partial charge in [-0.2, -0.15) is 4.98 Å². The van der Waals surface area contributed by atoms with Crippen LogP contribution in [0.4, 0.5) is 11.8 Å². The molecule has 1 aromatic carbocycles. The van der Waals surface area contributed by atoms with Gasteiger partial charge in [-0.1, -0.05) is 0 Å². The van der Waals surface area contributed by atoms with Gasteiger partial charge in [0.2, 0.25) is 0 Å². The Labute approximate surface area is 149 Å². The summed E-state index contributed by atoms with van der Waals surface area (Å²) in [5.74, 6) is 1.14. The summed E-state index contributed by atoms with van der Waals surface area (Å²) in [5, 5.41) is 4.23. The molecular weight excluding hydrogens is 332 g/mol. The van der Waals surface area contributed by atoms with Crippen molar-refractivity contribution in [2.75, 3.05) is 32.3 Å². The Hall–Kier alpha value is -2.64. The Balaban J connectivity index is 2.07. The summed E-state index contributed by atoms with van der Waals surface area (Å²) in [5.41, 5.74) is 13.7. The predicted octanol–water partition coefficient (Wildman–Crippen LogP) is 3.76. The fourth-order valence-electron chi connectivity index (χ4n) is 3.04. The van der Waals surface area contributed by atoms with Gasteiger partial charge in [0.15, 0.2) is 11.8 Å². The number of anilines is 2. The molecule has 0 amide bonds. The third kappa shape index (κ3) is 2.81. The highest BCUT2D eigenvalue weighted by Gasteiger charge is 2.19. The zero-order valence-electron chi connectivity index (χ0n) is 14.7. The summed E-state index contributed by atoms with van der Waals surface area (Å²) >= 11 is 1.73. The standard InChI is InChI=1S/C18H21N6S/c1-10-7-14(25-9-10)12-8-13-15(11-5-6-20-16(11)12)17(22-18(19)21-13)23-24(2,3)4/h5-9,23H,1-4H3,(H3,19,21,22)/q+1. The minimum atomic E-state index is 0.385. The third-order valence-electron chi connectivity index (χ3n) is 3.95. The number of nitrogen functional groups attached to an aromatic ring is 1. The van der Waals surface area contributed by atoms with Crippen LogP contribution in [0.25, 0.3) is 32.2 Å². The molecule has 4 N–H and O–H groups in total. The summed E-state index contributed by atoms with van der Waals surface area (Å²) in [4.78, 5) is 13.5. The van der Waals surface area contributed by atoms with E-state index in [2.05, 4.69) is 44.8 Å². The van der Waals surface area contributed by atoms with E-state index in [4.69, 9.17) is 5.73 Å². The van der Waals surface area contributed by atoms with Gasteiger partial charge in [-0.3, -0.25) is 4.98 Å². The number of thiophene rings is 1. The Bertz CT molecular complexity index is 1090. The second kappa shape index (κ2) is 5.44. The lowest BCUT2D eigenvalue weighted by Gasteiger charge is -2.25. The van der Waals surface area contributed by atoms with Crippen molar-refractivity contribution < 1.29 is 4.59 Å². The zero-order chi connectivity index (χ0) is 17.8. The van der Waals surface area contributed by atoms with Crippen LogP contribution in [0.15, 0.2) is 29.8 Å². The Morgan fingerprint density at radius 2 is 2.04 bits per heavy atom. The molecule has 4 rings (SSSR count). The quantitative estimate of drug-likeness (QED) is 0.387. The lowest BCUT2D eigenvalue weighted by atomic mass is 10.0.